The van der Waals surface area contributed by atoms with Crippen molar-refractivity contribution in [2.24, 2.45) is 11.3 Å². The minimum absolute atomic E-state index is 0.302. The molecule has 0 saturated heterocycles. The zero-order chi connectivity index (χ0) is 17.0. The predicted octanol–water partition coefficient (Wildman–Crippen LogP) is 6.22. The summed E-state index contributed by atoms with van der Waals surface area (Å²) in [5, 5.41) is 0. The van der Waals surface area contributed by atoms with E-state index in [0.717, 1.165) is 12.2 Å². The summed E-state index contributed by atoms with van der Waals surface area (Å²) >= 11 is 0. The second kappa shape index (κ2) is 7.16. The molecule has 0 aliphatic carbocycles. The molecule has 2 aromatic rings. The van der Waals surface area contributed by atoms with Crippen LogP contribution in [0.25, 0.3) is 0 Å². The average molecular weight is 311 g/mol. The summed E-state index contributed by atoms with van der Waals surface area (Å²) in [4.78, 5) is 4.38. The van der Waals surface area contributed by atoms with Crippen LogP contribution in [0.1, 0.15) is 58.6 Å². The fraction of sp³-hybridized carbons (Fsp3) is 0.476. The van der Waals surface area contributed by atoms with Crippen molar-refractivity contribution >= 4 is 0 Å². The molecule has 2 heteroatoms. The summed E-state index contributed by atoms with van der Waals surface area (Å²) in [5.74, 6) is 2.62. The van der Waals surface area contributed by atoms with E-state index in [1.807, 2.05) is 24.4 Å². The van der Waals surface area contributed by atoms with Crippen LogP contribution in [0.4, 0.5) is 0 Å². The minimum Gasteiger partial charge on any atom is -0.439 e. The minimum atomic E-state index is 0.302. The smallest absolute Gasteiger partial charge is 0.219 e. The molecule has 0 aliphatic rings. The van der Waals surface area contributed by atoms with Gasteiger partial charge >= 0.3 is 0 Å². The van der Waals surface area contributed by atoms with E-state index in [4.69, 9.17) is 4.74 Å². The topological polar surface area (TPSA) is 22.1 Å². The lowest BCUT2D eigenvalue weighted by Crippen LogP contribution is -2.21. The van der Waals surface area contributed by atoms with Crippen molar-refractivity contribution in [3.63, 3.8) is 0 Å². The van der Waals surface area contributed by atoms with E-state index in [-0.39, 0.29) is 0 Å². The van der Waals surface area contributed by atoms with Crippen molar-refractivity contribution in [2.75, 3.05) is 0 Å². The Morgan fingerprint density at radius 3 is 2.09 bits per heavy atom. The van der Waals surface area contributed by atoms with Gasteiger partial charge in [0.1, 0.15) is 5.75 Å². The summed E-state index contributed by atoms with van der Waals surface area (Å²) in [6.45, 7) is 13.5. The van der Waals surface area contributed by atoms with E-state index in [0.29, 0.717) is 23.1 Å². The number of pyridine rings is 1. The Bertz CT molecular complexity index is 609. The molecular formula is C21H29NO. The first-order valence-electron chi connectivity index (χ1n) is 8.50. The second-order valence-corrected chi connectivity index (χ2v) is 7.65. The Kier molecular flexibility index (Phi) is 5.46. The van der Waals surface area contributed by atoms with E-state index in [1.165, 1.54) is 11.1 Å². The van der Waals surface area contributed by atoms with E-state index in [2.05, 4.69) is 64.7 Å². The maximum atomic E-state index is 5.83. The van der Waals surface area contributed by atoms with Crippen LogP contribution in [-0.2, 0) is 6.42 Å². The number of aromatic nitrogens is 1. The highest BCUT2D eigenvalue weighted by molar-refractivity contribution is 5.31. The van der Waals surface area contributed by atoms with Gasteiger partial charge in [0.15, 0.2) is 0 Å². The molecule has 2 nitrogen and oxygen atoms in total. The van der Waals surface area contributed by atoms with Crippen molar-refractivity contribution in [3.05, 3.63) is 53.7 Å². The highest BCUT2D eigenvalue weighted by atomic mass is 16.5. The largest absolute Gasteiger partial charge is 0.439 e. The molecule has 1 aromatic carbocycles. The van der Waals surface area contributed by atoms with Gasteiger partial charge in [0.05, 0.1) is 0 Å². The fourth-order valence-electron chi connectivity index (χ4n) is 2.32. The zero-order valence-corrected chi connectivity index (χ0v) is 15.3. The van der Waals surface area contributed by atoms with Gasteiger partial charge in [0.25, 0.3) is 0 Å². The van der Waals surface area contributed by atoms with Crippen LogP contribution in [0, 0.1) is 11.3 Å². The summed E-state index contributed by atoms with van der Waals surface area (Å²) in [6, 6.07) is 12.4. The van der Waals surface area contributed by atoms with E-state index in [9.17, 15) is 0 Å². The highest BCUT2D eigenvalue weighted by Gasteiger charge is 2.22. The lowest BCUT2D eigenvalue weighted by molar-refractivity contribution is 0.248. The van der Waals surface area contributed by atoms with Gasteiger partial charge in [-0.15, -0.1) is 0 Å². The molecule has 23 heavy (non-hydrogen) atoms. The molecule has 2 rings (SSSR count). The highest BCUT2D eigenvalue weighted by Crippen LogP contribution is 2.31. The third-order valence-corrected chi connectivity index (χ3v) is 4.79. The zero-order valence-electron chi connectivity index (χ0n) is 15.3. The van der Waals surface area contributed by atoms with E-state index < -0.39 is 0 Å². The Morgan fingerprint density at radius 2 is 1.61 bits per heavy atom. The van der Waals surface area contributed by atoms with Crippen molar-refractivity contribution in [1.82, 2.24) is 4.98 Å². The van der Waals surface area contributed by atoms with Crippen LogP contribution in [0.3, 0.4) is 0 Å². The average Bonchev–Trinajstić information content (AvgIpc) is 2.49. The van der Waals surface area contributed by atoms with Crippen LogP contribution in [-0.4, -0.2) is 4.98 Å². The lowest BCUT2D eigenvalue weighted by atomic mass is 9.76. The Labute approximate surface area is 140 Å². The number of rotatable bonds is 6. The quantitative estimate of drug-likeness (QED) is 0.631. The Hall–Kier alpha value is -1.83. The van der Waals surface area contributed by atoms with Crippen molar-refractivity contribution in [1.29, 1.82) is 0 Å². The molecule has 0 saturated carbocycles. The molecule has 0 unspecified atom stereocenters. The molecular weight excluding hydrogens is 282 g/mol. The molecule has 0 aliphatic heterocycles. The first-order chi connectivity index (χ1) is 10.8. The Balaban J connectivity index is 2.02. The molecule has 0 atom stereocenters. The van der Waals surface area contributed by atoms with Gasteiger partial charge < -0.3 is 4.74 Å². The molecule has 0 bridgehead atoms. The molecule has 0 amide bonds. The second-order valence-electron chi connectivity index (χ2n) is 7.65. The standard InChI is InChI=1S/C21H29NO/c1-15(2)18-9-12-20(22-14-18)23-19-10-7-17(8-11-19)13-21(5,6)16(3)4/h7-12,14-16H,13H2,1-6H3. The maximum Gasteiger partial charge on any atom is 0.219 e. The molecule has 0 N–H and O–H groups in total. The normalized spacial score (nSPS) is 12.0. The van der Waals surface area contributed by atoms with Crippen molar-refractivity contribution < 1.29 is 4.74 Å². The number of hydrogen-bond donors (Lipinski definition) is 0. The number of nitrogens with zero attached hydrogens (tertiary/aromatic N) is 1. The van der Waals surface area contributed by atoms with Crippen LogP contribution in [0.15, 0.2) is 42.6 Å². The van der Waals surface area contributed by atoms with Gasteiger partial charge in [-0.2, -0.15) is 0 Å². The van der Waals surface area contributed by atoms with Gasteiger partial charge in [-0.25, -0.2) is 4.98 Å². The SMILES string of the molecule is CC(C)c1ccc(Oc2ccc(CC(C)(C)C(C)C)cc2)nc1. The number of ether oxygens (including phenoxy) is 1. The molecule has 1 heterocycles. The molecule has 0 spiro atoms. The molecule has 0 fully saturated rings. The van der Waals surface area contributed by atoms with Crippen molar-refractivity contribution in [2.45, 2.75) is 53.9 Å². The van der Waals surface area contributed by atoms with Gasteiger partial charge in [0, 0.05) is 12.3 Å². The molecule has 1 aromatic heterocycles. The number of benzene rings is 1. The lowest BCUT2D eigenvalue weighted by Gasteiger charge is -2.29. The third kappa shape index (κ3) is 4.82. The van der Waals surface area contributed by atoms with E-state index >= 15 is 0 Å². The third-order valence-electron chi connectivity index (χ3n) is 4.79. The summed E-state index contributed by atoms with van der Waals surface area (Å²) in [6.07, 6.45) is 2.96. The first kappa shape index (κ1) is 17.5. The monoisotopic (exact) mass is 311 g/mol. The van der Waals surface area contributed by atoms with Gasteiger partial charge in [-0.3, -0.25) is 0 Å². The Morgan fingerprint density at radius 1 is 0.957 bits per heavy atom. The van der Waals surface area contributed by atoms with Gasteiger partial charge in [0.2, 0.25) is 5.88 Å². The summed E-state index contributed by atoms with van der Waals surface area (Å²) in [5.41, 5.74) is 2.87. The molecule has 0 radical (unpaired) electrons. The van der Waals surface area contributed by atoms with Gasteiger partial charge in [-0.1, -0.05) is 59.7 Å². The number of hydrogen-bond acceptors (Lipinski definition) is 2. The summed E-state index contributed by atoms with van der Waals surface area (Å²) in [7, 11) is 0. The van der Waals surface area contributed by atoms with Crippen LogP contribution >= 0.6 is 0 Å². The van der Waals surface area contributed by atoms with Gasteiger partial charge in [-0.05, 0) is 46.9 Å². The van der Waals surface area contributed by atoms with Crippen LogP contribution < -0.4 is 4.74 Å². The predicted molar refractivity (Wildman–Crippen MR) is 97.2 cm³/mol. The maximum absolute atomic E-state index is 5.83. The van der Waals surface area contributed by atoms with Crippen LogP contribution in [0.2, 0.25) is 0 Å². The molecule has 124 valence electrons. The van der Waals surface area contributed by atoms with E-state index in [1.54, 1.807) is 0 Å². The van der Waals surface area contributed by atoms with Crippen LogP contribution in [0.5, 0.6) is 11.6 Å². The fourth-order valence-corrected chi connectivity index (χ4v) is 2.32. The first-order valence-corrected chi connectivity index (χ1v) is 8.50. The van der Waals surface area contributed by atoms with Crippen molar-refractivity contribution in [3.8, 4) is 11.6 Å². The summed E-state index contributed by atoms with van der Waals surface area (Å²) < 4.78 is 5.83.